The molecular formula is C18H22F2N5+. The number of fused-ring (bicyclic) bond motifs is 3. The minimum atomic E-state index is -0.832. The van der Waals surface area contributed by atoms with Crippen LogP contribution >= 0.6 is 0 Å². The van der Waals surface area contributed by atoms with E-state index in [0.29, 0.717) is 5.69 Å². The van der Waals surface area contributed by atoms with Gasteiger partial charge in [0.05, 0.1) is 7.05 Å². The van der Waals surface area contributed by atoms with E-state index in [1.54, 1.807) is 4.68 Å². The predicted molar refractivity (Wildman–Crippen MR) is 90.1 cm³/mol. The number of hydrogen-bond donors (Lipinski definition) is 1. The molecule has 1 atom stereocenters. The van der Waals surface area contributed by atoms with Crippen LogP contribution in [0.25, 0.3) is 11.4 Å². The van der Waals surface area contributed by atoms with Gasteiger partial charge in [-0.05, 0) is 24.0 Å². The van der Waals surface area contributed by atoms with Crippen molar-refractivity contribution in [1.29, 1.82) is 0 Å². The van der Waals surface area contributed by atoms with Gasteiger partial charge in [-0.25, -0.2) is 8.78 Å². The average Bonchev–Trinajstić information content (AvgIpc) is 2.98. The lowest BCUT2D eigenvalue weighted by atomic mass is 9.93. The maximum absolute atomic E-state index is 14.0. The zero-order valence-corrected chi connectivity index (χ0v) is 14.5. The van der Waals surface area contributed by atoms with Gasteiger partial charge in [0.1, 0.15) is 11.4 Å². The molecule has 2 aromatic rings. The van der Waals surface area contributed by atoms with Crippen molar-refractivity contribution < 1.29 is 13.3 Å². The van der Waals surface area contributed by atoms with E-state index in [1.807, 2.05) is 24.9 Å². The van der Waals surface area contributed by atoms with Crippen molar-refractivity contribution in [1.82, 2.24) is 20.0 Å². The Kier molecular flexibility index (Phi) is 4.03. The minimum absolute atomic E-state index is 0.0869. The van der Waals surface area contributed by atoms with Gasteiger partial charge in [0.15, 0.2) is 11.6 Å². The largest absolute Gasteiger partial charge is 0.364 e. The van der Waals surface area contributed by atoms with E-state index >= 15 is 0 Å². The highest BCUT2D eigenvalue weighted by atomic mass is 19.2. The molecule has 0 spiro atoms. The van der Waals surface area contributed by atoms with Crippen LogP contribution in [0.5, 0.6) is 0 Å². The Morgan fingerprint density at radius 3 is 2.68 bits per heavy atom. The van der Waals surface area contributed by atoms with E-state index in [4.69, 9.17) is 0 Å². The van der Waals surface area contributed by atoms with Gasteiger partial charge in [-0.15, -0.1) is 4.68 Å². The van der Waals surface area contributed by atoms with Gasteiger partial charge >= 0.3 is 5.82 Å². The van der Waals surface area contributed by atoms with Gasteiger partial charge < -0.3 is 10.2 Å². The Bertz CT molecular complexity index is 836. The summed E-state index contributed by atoms with van der Waals surface area (Å²) in [4.78, 5) is 2.31. The maximum Gasteiger partial charge on any atom is 0.329 e. The molecule has 0 aliphatic carbocycles. The monoisotopic (exact) mass is 346 g/mol. The lowest BCUT2D eigenvalue weighted by Crippen LogP contribution is -2.45. The van der Waals surface area contributed by atoms with Gasteiger partial charge in [-0.1, -0.05) is 13.0 Å². The molecule has 0 radical (unpaired) electrons. The highest BCUT2D eigenvalue weighted by Crippen LogP contribution is 2.31. The smallest absolute Gasteiger partial charge is 0.329 e. The van der Waals surface area contributed by atoms with Crippen LogP contribution in [-0.2, 0) is 7.05 Å². The highest BCUT2D eigenvalue weighted by molar-refractivity contribution is 5.58. The number of allylic oxidation sites excluding steroid dienone is 1. The highest BCUT2D eigenvalue weighted by Gasteiger charge is 2.31. The molecule has 3 heterocycles. The topological polar surface area (TPSA) is 37.0 Å². The molecule has 1 fully saturated rings. The number of hydrogen-bond acceptors (Lipinski definition) is 3. The molecule has 0 saturated carbocycles. The third-order valence-electron chi connectivity index (χ3n) is 4.97. The molecule has 132 valence electrons. The van der Waals surface area contributed by atoms with Crippen LogP contribution in [-0.4, -0.2) is 40.9 Å². The summed E-state index contributed by atoms with van der Waals surface area (Å²) in [6.45, 7) is 5.71. The van der Waals surface area contributed by atoms with E-state index in [0.717, 1.165) is 49.7 Å². The van der Waals surface area contributed by atoms with E-state index in [9.17, 15) is 8.78 Å². The quantitative estimate of drug-likeness (QED) is 0.799. The SMILES string of the molecule is CC1CC=C(N2CCNCC2)c2nn(C)c[n+]2-c2cc(F)c(F)cc21. The molecule has 7 heteroatoms. The Labute approximate surface area is 145 Å². The number of aromatic nitrogens is 3. The molecule has 1 unspecified atom stereocenters. The van der Waals surface area contributed by atoms with Gasteiger partial charge in [-0.3, -0.25) is 0 Å². The second-order valence-electron chi connectivity index (χ2n) is 6.77. The summed E-state index contributed by atoms with van der Waals surface area (Å²) >= 11 is 0. The van der Waals surface area contributed by atoms with E-state index in [1.165, 1.54) is 12.1 Å². The number of rotatable bonds is 1. The van der Waals surface area contributed by atoms with Crippen molar-refractivity contribution in [2.45, 2.75) is 19.3 Å². The molecule has 1 aromatic heterocycles. The Balaban J connectivity index is 1.90. The zero-order chi connectivity index (χ0) is 17.6. The standard InChI is InChI=1S/C18H22F2N5/c1-12-3-4-16(24-7-5-21-6-8-24)18-22-23(2)11-25(18)17-10-15(20)14(19)9-13(12)17/h4,9-12,21H,3,5-8H2,1-2H3/q+1. The summed E-state index contributed by atoms with van der Waals surface area (Å²) < 4.78 is 31.4. The molecule has 1 aromatic carbocycles. The van der Waals surface area contributed by atoms with Crippen molar-refractivity contribution in [3.63, 3.8) is 0 Å². The van der Waals surface area contributed by atoms with Gasteiger partial charge in [0.25, 0.3) is 0 Å². The Hall–Kier alpha value is -2.28. The van der Waals surface area contributed by atoms with Crippen LogP contribution < -0.4 is 9.88 Å². The van der Waals surface area contributed by atoms with Crippen LogP contribution in [0.4, 0.5) is 8.78 Å². The van der Waals surface area contributed by atoms with Gasteiger partial charge in [0.2, 0.25) is 6.33 Å². The summed E-state index contributed by atoms with van der Waals surface area (Å²) in [6, 6.07) is 2.61. The Morgan fingerprint density at radius 1 is 1.20 bits per heavy atom. The second kappa shape index (κ2) is 6.22. The number of halogens is 2. The summed E-state index contributed by atoms with van der Waals surface area (Å²) in [5, 5.41) is 7.98. The first-order chi connectivity index (χ1) is 12.0. The Morgan fingerprint density at radius 2 is 1.92 bits per heavy atom. The third kappa shape index (κ3) is 2.82. The lowest BCUT2D eigenvalue weighted by Gasteiger charge is -2.30. The van der Waals surface area contributed by atoms with Gasteiger partial charge in [0, 0.05) is 37.3 Å². The summed E-state index contributed by atoms with van der Waals surface area (Å²) in [7, 11) is 1.84. The molecule has 0 bridgehead atoms. The maximum atomic E-state index is 14.0. The fraction of sp³-hybridized carbons (Fsp3) is 0.444. The van der Waals surface area contributed by atoms with Crippen LogP contribution in [0.1, 0.15) is 30.7 Å². The number of benzene rings is 1. The van der Waals surface area contributed by atoms with Crippen molar-refractivity contribution in [3.8, 4) is 5.69 Å². The lowest BCUT2D eigenvalue weighted by molar-refractivity contribution is -0.600. The first-order valence-corrected chi connectivity index (χ1v) is 8.65. The molecule has 1 saturated heterocycles. The van der Waals surface area contributed by atoms with E-state index in [2.05, 4.69) is 21.4 Å². The fourth-order valence-electron chi connectivity index (χ4n) is 3.63. The van der Waals surface area contributed by atoms with Crippen LogP contribution in [0.2, 0.25) is 0 Å². The predicted octanol–water partition coefficient (Wildman–Crippen LogP) is 1.73. The zero-order valence-electron chi connectivity index (χ0n) is 14.5. The number of piperazine rings is 1. The van der Waals surface area contributed by atoms with Crippen LogP contribution in [0.3, 0.4) is 0 Å². The van der Waals surface area contributed by atoms with Crippen molar-refractivity contribution >= 4 is 5.70 Å². The third-order valence-corrected chi connectivity index (χ3v) is 4.97. The van der Waals surface area contributed by atoms with Crippen molar-refractivity contribution in [3.05, 3.63) is 47.6 Å². The average molecular weight is 346 g/mol. The normalized spacial score (nSPS) is 20.4. The molecule has 1 N–H and O–H groups in total. The molecule has 2 aliphatic rings. The number of aryl methyl sites for hydroxylation is 1. The first kappa shape index (κ1) is 16.2. The van der Waals surface area contributed by atoms with E-state index < -0.39 is 11.6 Å². The molecule has 0 amide bonds. The fourth-order valence-corrected chi connectivity index (χ4v) is 3.63. The molecule has 5 nitrogen and oxygen atoms in total. The van der Waals surface area contributed by atoms with Crippen molar-refractivity contribution in [2.24, 2.45) is 7.05 Å². The minimum Gasteiger partial charge on any atom is -0.364 e. The van der Waals surface area contributed by atoms with Crippen LogP contribution in [0.15, 0.2) is 24.5 Å². The molecule has 2 aliphatic heterocycles. The second-order valence-corrected chi connectivity index (χ2v) is 6.77. The summed E-state index contributed by atoms with van der Waals surface area (Å²) in [5.41, 5.74) is 2.52. The first-order valence-electron chi connectivity index (χ1n) is 8.65. The number of nitrogens with zero attached hydrogens (tertiary/aromatic N) is 4. The van der Waals surface area contributed by atoms with E-state index in [-0.39, 0.29) is 5.92 Å². The molecule has 25 heavy (non-hydrogen) atoms. The molecule has 4 rings (SSSR count). The van der Waals surface area contributed by atoms with Crippen molar-refractivity contribution in [2.75, 3.05) is 26.2 Å². The summed E-state index contributed by atoms with van der Waals surface area (Å²) in [5.74, 6) is -0.780. The summed E-state index contributed by atoms with van der Waals surface area (Å²) in [6.07, 6.45) is 4.76. The van der Waals surface area contributed by atoms with Crippen LogP contribution in [0, 0.1) is 11.6 Å². The number of nitrogens with one attached hydrogen (secondary N) is 1. The van der Waals surface area contributed by atoms with Gasteiger partial charge in [-0.2, -0.15) is 4.57 Å². The molecular weight excluding hydrogens is 324 g/mol.